The van der Waals surface area contributed by atoms with Crippen molar-refractivity contribution in [3.05, 3.63) is 83.4 Å². The third-order valence-electron chi connectivity index (χ3n) is 7.15. The Balaban J connectivity index is 1.66. The summed E-state index contributed by atoms with van der Waals surface area (Å²) in [6.07, 6.45) is 2.11. The van der Waals surface area contributed by atoms with E-state index in [1.807, 2.05) is 12.1 Å². The zero-order chi connectivity index (χ0) is 22.0. The summed E-state index contributed by atoms with van der Waals surface area (Å²) >= 11 is 0. The van der Waals surface area contributed by atoms with Crippen LogP contribution in [-0.4, -0.2) is 16.1 Å². The molecule has 0 amide bonds. The normalized spacial score (nSPS) is 18.1. The van der Waals surface area contributed by atoms with Gasteiger partial charge in [-0.15, -0.1) is 0 Å². The van der Waals surface area contributed by atoms with Crippen LogP contribution >= 0.6 is 0 Å². The predicted molar refractivity (Wildman–Crippen MR) is 132 cm³/mol. The van der Waals surface area contributed by atoms with Gasteiger partial charge in [0.2, 0.25) is 0 Å². The van der Waals surface area contributed by atoms with Gasteiger partial charge in [-0.05, 0) is 59.9 Å². The number of hydrogen-bond donors (Lipinski definition) is 0. The first-order valence-electron chi connectivity index (χ1n) is 11.6. The van der Waals surface area contributed by atoms with E-state index >= 15 is 0 Å². The molecule has 4 heteroatoms. The second-order valence-electron chi connectivity index (χ2n) is 9.42. The molecular formula is C28H28N4. The molecule has 0 saturated heterocycles. The summed E-state index contributed by atoms with van der Waals surface area (Å²) in [6, 6.07) is 24.0. The molecule has 0 fully saturated rings. The number of aromatic nitrogens is 2. The van der Waals surface area contributed by atoms with Crippen LogP contribution in [0.4, 0.5) is 23.0 Å². The van der Waals surface area contributed by atoms with Gasteiger partial charge in [0, 0.05) is 16.8 Å². The lowest BCUT2D eigenvalue weighted by Gasteiger charge is -2.36. The van der Waals surface area contributed by atoms with Gasteiger partial charge in [-0.2, -0.15) is 0 Å². The topological polar surface area (TPSA) is 32.3 Å². The van der Waals surface area contributed by atoms with E-state index in [-0.39, 0.29) is 11.6 Å². The molecular weight excluding hydrogens is 392 g/mol. The second-order valence-corrected chi connectivity index (χ2v) is 9.42. The SMILES string of the molecule is CCc1cccc(N2c3nc4ccccc4nc3N3c4cc(CC)ccc4C(C)(C)C23)c1. The third-order valence-corrected chi connectivity index (χ3v) is 7.15. The summed E-state index contributed by atoms with van der Waals surface area (Å²) in [7, 11) is 0. The van der Waals surface area contributed by atoms with Gasteiger partial charge in [-0.3, -0.25) is 0 Å². The van der Waals surface area contributed by atoms with Crippen LogP contribution < -0.4 is 9.80 Å². The fourth-order valence-corrected chi connectivity index (χ4v) is 5.41. The van der Waals surface area contributed by atoms with Crippen LogP contribution in [-0.2, 0) is 18.3 Å². The van der Waals surface area contributed by atoms with E-state index in [4.69, 9.17) is 9.97 Å². The molecule has 4 nitrogen and oxygen atoms in total. The van der Waals surface area contributed by atoms with Crippen LogP contribution in [0.15, 0.2) is 66.7 Å². The first-order valence-corrected chi connectivity index (χ1v) is 11.6. The van der Waals surface area contributed by atoms with Gasteiger partial charge >= 0.3 is 0 Å². The summed E-state index contributed by atoms with van der Waals surface area (Å²) in [6.45, 7) is 9.13. The first-order chi connectivity index (χ1) is 15.5. The molecule has 1 atom stereocenters. The Hall–Kier alpha value is -3.40. The van der Waals surface area contributed by atoms with E-state index in [1.54, 1.807) is 0 Å². The maximum absolute atomic E-state index is 5.16. The van der Waals surface area contributed by atoms with Gasteiger partial charge in [-0.25, -0.2) is 9.97 Å². The fraction of sp³-hybridized carbons (Fsp3) is 0.286. The van der Waals surface area contributed by atoms with Gasteiger partial charge in [0.15, 0.2) is 11.6 Å². The van der Waals surface area contributed by atoms with E-state index in [0.29, 0.717) is 0 Å². The smallest absolute Gasteiger partial charge is 0.179 e. The Morgan fingerprint density at radius 2 is 1.41 bits per heavy atom. The Morgan fingerprint density at radius 3 is 2.09 bits per heavy atom. The molecule has 1 aromatic heterocycles. The zero-order valence-corrected chi connectivity index (χ0v) is 19.1. The minimum absolute atomic E-state index is 0.0866. The van der Waals surface area contributed by atoms with Crippen LogP contribution in [0.2, 0.25) is 0 Å². The molecule has 160 valence electrons. The Morgan fingerprint density at radius 1 is 0.750 bits per heavy atom. The van der Waals surface area contributed by atoms with Crippen molar-refractivity contribution in [2.75, 3.05) is 9.80 Å². The van der Waals surface area contributed by atoms with Crippen molar-refractivity contribution in [2.24, 2.45) is 0 Å². The molecule has 4 aromatic rings. The van der Waals surface area contributed by atoms with E-state index in [9.17, 15) is 0 Å². The third kappa shape index (κ3) is 2.56. The summed E-state index contributed by atoms with van der Waals surface area (Å²) < 4.78 is 0. The molecule has 1 unspecified atom stereocenters. The van der Waals surface area contributed by atoms with Crippen molar-refractivity contribution in [3.8, 4) is 0 Å². The van der Waals surface area contributed by atoms with E-state index < -0.39 is 0 Å². The average molecular weight is 421 g/mol. The molecule has 0 radical (unpaired) electrons. The molecule has 2 aliphatic rings. The molecule has 3 aromatic carbocycles. The van der Waals surface area contributed by atoms with Gasteiger partial charge in [-0.1, -0.05) is 64.1 Å². The predicted octanol–water partition coefficient (Wildman–Crippen LogP) is 6.66. The van der Waals surface area contributed by atoms with Gasteiger partial charge in [0.05, 0.1) is 11.0 Å². The molecule has 6 rings (SSSR count). The van der Waals surface area contributed by atoms with Crippen molar-refractivity contribution >= 4 is 34.0 Å². The minimum atomic E-state index is -0.0988. The zero-order valence-electron chi connectivity index (χ0n) is 19.1. The molecule has 3 heterocycles. The van der Waals surface area contributed by atoms with Crippen molar-refractivity contribution in [1.82, 2.24) is 9.97 Å². The summed E-state index contributed by atoms with van der Waals surface area (Å²) in [5, 5.41) is 0. The number of fused-ring (bicyclic) bond motifs is 6. The number of benzene rings is 3. The number of aryl methyl sites for hydroxylation is 2. The quantitative estimate of drug-likeness (QED) is 0.371. The average Bonchev–Trinajstić information content (AvgIpc) is 3.27. The number of para-hydroxylation sites is 2. The number of nitrogens with zero attached hydrogens (tertiary/aromatic N) is 4. The monoisotopic (exact) mass is 420 g/mol. The van der Waals surface area contributed by atoms with Crippen LogP contribution in [0, 0.1) is 0 Å². The van der Waals surface area contributed by atoms with Gasteiger partial charge < -0.3 is 9.80 Å². The highest BCUT2D eigenvalue weighted by Gasteiger charge is 2.55. The highest BCUT2D eigenvalue weighted by Crippen LogP contribution is 2.58. The minimum Gasteiger partial charge on any atom is -0.301 e. The summed E-state index contributed by atoms with van der Waals surface area (Å²) in [4.78, 5) is 15.2. The van der Waals surface area contributed by atoms with Crippen LogP contribution in [0.25, 0.3) is 11.0 Å². The largest absolute Gasteiger partial charge is 0.301 e. The van der Waals surface area contributed by atoms with Crippen LogP contribution in [0.5, 0.6) is 0 Å². The standard InChI is InChI=1S/C28H28N4/c1-5-18-10-9-11-20(16-18)31-25-26(30-23-13-8-7-12-22(23)29-25)32-24-17-19(6-2)14-15-21(24)28(3,4)27(31)32/h7-17,27H,5-6H2,1-4H3. The van der Waals surface area contributed by atoms with Gasteiger partial charge in [0.1, 0.15) is 6.17 Å². The van der Waals surface area contributed by atoms with Crippen LogP contribution in [0.1, 0.15) is 44.4 Å². The molecule has 32 heavy (non-hydrogen) atoms. The summed E-state index contributed by atoms with van der Waals surface area (Å²) in [5.74, 6) is 1.90. The molecule has 0 spiro atoms. The highest BCUT2D eigenvalue weighted by molar-refractivity contribution is 5.92. The number of rotatable bonds is 3. The van der Waals surface area contributed by atoms with E-state index in [2.05, 4.69) is 92.1 Å². The van der Waals surface area contributed by atoms with Gasteiger partial charge in [0.25, 0.3) is 0 Å². The lowest BCUT2D eigenvalue weighted by molar-refractivity contribution is 0.449. The molecule has 0 aliphatic carbocycles. The highest BCUT2D eigenvalue weighted by atomic mass is 15.5. The van der Waals surface area contributed by atoms with Crippen molar-refractivity contribution in [3.63, 3.8) is 0 Å². The van der Waals surface area contributed by atoms with Crippen molar-refractivity contribution < 1.29 is 0 Å². The molecule has 0 bridgehead atoms. The lowest BCUT2D eigenvalue weighted by Crippen LogP contribution is -2.46. The summed E-state index contributed by atoms with van der Waals surface area (Å²) in [5.41, 5.74) is 8.27. The molecule has 2 aliphatic heterocycles. The number of anilines is 4. The fourth-order valence-electron chi connectivity index (χ4n) is 5.41. The lowest BCUT2D eigenvalue weighted by atomic mass is 9.83. The van der Waals surface area contributed by atoms with E-state index in [1.165, 1.54) is 28.1 Å². The maximum atomic E-state index is 5.16. The number of hydrogen-bond acceptors (Lipinski definition) is 4. The Kier molecular flexibility index (Phi) is 4.10. The van der Waals surface area contributed by atoms with Crippen molar-refractivity contribution in [2.45, 2.75) is 52.1 Å². The first kappa shape index (κ1) is 19.3. The Labute approximate surface area is 189 Å². The maximum Gasteiger partial charge on any atom is 0.179 e. The molecule has 0 N–H and O–H groups in total. The second kappa shape index (κ2) is 6.80. The van der Waals surface area contributed by atoms with Crippen LogP contribution in [0.3, 0.4) is 0 Å². The van der Waals surface area contributed by atoms with E-state index in [0.717, 1.165) is 35.5 Å². The molecule has 0 saturated carbocycles. The Bertz CT molecular complexity index is 1320. The van der Waals surface area contributed by atoms with Crippen molar-refractivity contribution in [1.29, 1.82) is 0 Å².